The van der Waals surface area contributed by atoms with E-state index in [9.17, 15) is 15.2 Å². The Balaban J connectivity index is 2.42. The van der Waals surface area contributed by atoms with Crippen molar-refractivity contribution in [3.05, 3.63) is 31.8 Å². The van der Waals surface area contributed by atoms with Crippen molar-refractivity contribution in [1.29, 1.82) is 0 Å². The zero-order chi connectivity index (χ0) is 10.3. The summed E-state index contributed by atoms with van der Waals surface area (Å²) in [5.41, 5.74) is 1.84. The van der Waals surface area contributed by atoms with Gasteiger partial charge in [-0.3, -0.25) is 10.1 Å². The average Bonchev–Trinajstić information content (AvgIpc) is 2.52. The highest BCUT2D eigenvalue weighted by Crippen LogP contribution is 2.38. The molecule has 0 fully saturated rings. The Kier molecular flexibility index (Phi) is 2.45. The van der Waals surface area contributed by atoms with Gasteiger partial charge in [0.25, 0.3) is 6.04 Å². The SMILES string of the molecule is O=[N+]([O-])C1C2=C(C=C(Br)C1O)CCC2. The summed E-state index contributed by atoms with van der Waals surface area (Å²) in [5.74, 6) is 0. The molecule has 2 rings (SSSR count). The van der Waals surface area contributed by atoms with Crippen molar-refractivity contribution in [1.82, 2.24) is 0 Å². The molecule has 0 radical (unpaired) electrons. The van der Waals surface area contributed by atoms with Gasteiger partial charge in [-0.1, -0.05) is 15.9 Å². The highest BCUT2D eigenvalue weighted by Gasteiger charge is 2.41. The largest absolute Gasteiger partial charge is 0.380 e. The third-order valence-corrected chi connectivity index (χ3v) is 3.48. The molecule has 0 aliphatic heterocycles. The number of allylic oxidation sites excluding steroid dienone is 2. The van der Waals surface area contributed by atoms with E-state index in [2.05, 4.69) is 15.9 Å². The maximum Gasteiger partial charge on any atom is 0.264 e. The smallest absolute Gasteiger partial charge is 0.264 e. The average molecular weight is 260 g/mol. The standard InChI is InChI=1S/C9H10BrNO3/c10-7-4-5-2-1-3-6(5)8(9(7)12)11(13)14/h4,8-9,12H,1-3H2. The zero-order valence-electron chi connectivity index (χ0n) is 7.44. The summed E-state index contributed by atoms with van der Waals surface area (Å²) in [4.78, 5) is 10.4. The number of nitrogens with zero attached hydrogens (tertiary/aromatic N) is 1. The molecule has 76 valence electrons. The molecular weight excluding hydrogens is 250 g/mol. The predicted octanol–water partition coefficient (Wildman–Crippen LogP) is 1.77. The molecule has 0 aromatic heterocycles. The van der Waals surface area contributed by atoms with Crippen molar-refractivity contribution in [2.24, 2.45) is 0 Å². The molecule has 2 unspecified atom stereocenters. The Bertz CT molecular complexity index is 348. The fraction of sp³-hybridized carbons (Fsp3) is 0.556. The summed E-state index contributed by atoms with van der Waals surface area (Å²) in [7, 11) is 0. The Morgan fingerprint density at radius 3 is 2.93 bits per heavy atom. The molecule has 14 heavy (non-hydrogen) atoms. The third-order valence-electron chi connectivity index (χ3n) is 2.78. The van der Waals surface area contributed by atoms with Crippen LogP contribution in [0.3, 0.4) is 0 Å². The quantitative estimate of drug-likeness (QED) is 0.577. The number of rotatable bonds is 1. The van der Waals surface area contributed by atoms with Crippen LogP contribution in [0.5, 0.6) is 0 Å². The molecule has 0 aromatic carbocycles. The maximum atomic E-state index is 10.8. The van der Waals surface area contributed by atoms with Crippen LogP contribution >= 0.6 is 15.9 Å². The van der Waals surface area contributed by atoms with Crippen LogP contribution in [0.2, 0.25) is 0 Å². The van der Waals surface area contributed by atoms with Crippen molar-refractivity contribution in [3.8, 4) is 0 Å². The number of halogens is 1. The minimum Gasteiger partial charge on any atom is -0.380 e. The molecule has 0 saturated carbocycles. The van der Waals surface area contributed by atoms with Gasteiger partial charge in [-0.15, -0.1) is 0 Å². The molecule has 0 aromatic rings. The zero-order valence-corrected chi connectivity index (χ0v) is 9.03. The molecule has 0 amide bonds. The van der Waals surface area contributed by atoms with Crippen molar-refractivity contribution in [2.75, 3.05) is 0 Å². The van der Waals surface area contributed by atoms with Gasteiger partial charge in [0.1, 0.15) is 0 Å². The Hall–Kier alpha value is -0.680. The van der Waals surface area contributed by atoms with Gasteiger partial charge in [0.05, 0.1) is 0 Å². The highest BCUT2D eigenvalue weighted by molar-refractivity contribution is 9.11. The molecule has 0 bridgehead atoms. The third kappa shape index (κ3) is 1.40. The number of nitro groups is 1. The van der Waals surface area contributed by atoms with Crippen LogP contribution in [-0.2, 0) is 0 Å². The molecule has 0 spiro atoms. The van der Waals surface area contributed by atoms with Gasteiger partial charge in [-0.05, 0) is 30.9 Å². The first-order valence-electron chi connectivity index (χ1n) is 4.52. The summed E-state index contributed by atoms with van der Waals surface area (Å²) in [6, 6.07) is -0.938. The van der Waals surface area contributed by atoms with Gasteiger partial charge in [-0.2, -0.15) is 0 Å². The monoisotopic (exact) mass is 259 g/mol. The first kappa shape index (κ1) is 9.86. The Morgan fingerprint density at radius 1 is 1.57 bits per heavy atom. The van der Waals surface area contributed by atoms with Gasteiger partial charge in [0, 0.05) is 15.0 Å². The van der Waals surface area contributed by atoms with Crippen LogP contribution in [-0.4, -0.2) is 22.2 Å². The van der Waals surface area contributed by atoms with E-state index < -0.39 is 12.1 Å². The number of aliphatic hydroxyl groups is 1. The molecule has 0 saturated heterocycles. The summed E-state index contributed by atoms with van der Waals surface area (Å²) in [5, 5.41) is 20.5. The van der Waals surface area contributed by atoms with E-state index in [1.807, 2.05) is 6.08 Å². The molecule has 2 aliphatic carbocycles. The fourth-order valence-electron chi connectivity index (χ4n) is 2.13. The van der Waals surface area contributed by atoms with E-state index in [4.69, 9.17) is 0 Å². The molecule has 4 nitrogen and oxygen atoms in total. The lowest BCUT2D eigenvalue weighted by atomic mass is 9.93. The lowest BCUT2D eigenvalue weighted by molar-refractivity contribution is -0.521. The van der Waals surface area contributed by atoms with Gasteiger partial charge >= 0.3 is 0 Å². The van der Waals surface area contributed by atoms with Crippen LogP contribution < -0.4 is 0 Å². The predicted molar refractivity (Wildman–Crippen MR) is 54.7 cm³/mol. The number of hydrogen-bond acceptors (Lipinski definition) is 3. The maximum absolute atomic E-state index is 10.8. The van der Waals surface area contributed by atoms with Gasteiger partial charge in [0.2, 0.25) is 0 Å². The fourth-order valence-corrected chi connectivity index (χ4v) is 2.66. The first-order chi connectivity index (χ1) is 6.61. The molecular formula is C9H10BrNO3. The van der Waals surface area contributed by atoms with Crippen LogP contribution in [0.4, 0.5) is 0 Å². The van der Waals surface area contributed by atoms with Crippen molar-refractivity contribution < 1.29 is 10.0 Å². The van der Waals surface area contributed by atoms with Crippen LogP contribution in [0.25, 0.3) is 0 Å². The van der Waals surface area contributed by atoms with E-state index in [1.165, 1.54) is 0 Å². The molecule has 2 atom stereocenters. The van der Waals surface area contributed by atoms with E-state index in [1.54, 1.807) is 0 Å². The normalized spacial score (nSPS) is 31.4. The van der Waals surface area contributed by atoms with E-state index in [-0.39, 0.29) is 4.92 Å². The van der Waals surface area contributed by atoms with Crippen LogP contribution in [0.15, 0.2) is 21.7 Å². The van der Waals surface area contributed by atoms with Gasteiger partial charge < -0.3 is 5.11 Å². The second-order valence-corrected chi connectivity index (χ2v) is 4.52. The summed E-state index contributed by atoms with van der Waals surface area (Å²) >= 11 is 3.17. The van der Waals surface area contributed by atoms with Crippen molar-refractivity contribution in [2.45, 2.75) is 31.4 Å². The topological polar surface area (TPSA) is 63.4 Å². The summed E-state index contributed by atoms with van der Waals surface area (Å²) in [6.07, 6.45) is 3.41. The van der Waals surface area contributed by atoms with Crippen molar-refractivity contribution >= 4 is 15.9 Å². The molecule has 0 heterocycles. The molecule has 2 aliphatic rings. The van der Waals surface area contributed by atoms with E-state index >= 15 is 0 Å². The Labute approximate surface area is 89.6 Å². The lowest BCUT2D eigenvalue weighted by Gasteiger charge is -2.21. The van der Waals surface area contributed by atoms with Crippen molar-refractivity contribution in [3.63, 3.8) is 0 Å². The van der Waals surface area contributed by atoms with Crippen LogP contribution in [0.1, 0.15) is 19.3 Å². The van der Waals surface area contributed by atoms with Crippen LogP contribution in [0, 0.1) is 10.1 Å². The number of hydrogen-bond donors (Lipinski definition) is 1. The first-order valence-corrected chi connectivity index (χ1v) is 5.31. The van der Waals surface area contributed by atoms with Gasteiger partial charge in [-0.25, -0.2) is 0 Å². The van der Waals surface area contributed by atoms with E-state index in [0.717, 1.165) is 30.4 Å². The Morgan fingerprint density at radius 2 is 2.29 bits per heavy atom. The number of aliphatic hydroxyl groups excluding tert-OH is 1. The highest BCUT2D eigenvalue weighted by atomic mass is 79.9. The second-order valence-electron chi connectivity index (χ2n) is 3.61. The van der Waals surface area contributed by atoms with E-state index in [0.29, 0.717) is 4.48 Å². The molecule has 1 N–H and O–H groups in total. The molecule has 5 heteroatoms. The van der Waals surface area contributed by atoms with Gasteiger partial charge in [0.15, 0.2) is 6.10 Å². The minimum absolute atomic E-state index is 0.389. The second kappa shape index (κ2) is 3.47. The minimum atomic E-state index is -1.01. The summed E-state index contributed by atoms with van der Waals surface area (Å²) < 4.78 is 0.528. The lowest BCUT2D eigenvalue weighted by Crippen LogP contribution is -2.37. The summed E-state index contributed by atoms with van der Waals surface area (Å²) in [6.45, 7) is 0.